The van der Waals surface area contributed by atoms with Gasteiger partial charge in [0.25, 0.3) is 65.0 Å². The highest BCUT2D eigenvalue weighted by Crippen LogP contribution is 2.27. The van der Waals surface area contributed by atoms with Gasteiger partial charge in [-0.3, -0.25) is 105 Å². The maximum atomic E-state index is 14.2. The minimum absolute atomic E-state index is 0.00260. The molecule has 4 saturated heterocycles. The number of hydrogen-bond donors (Lipinski definition) is 11. The van der Waals surface area contributed by atoms with Crippen molar-refractivity contribution in [3.63, 3.8) is 0 Å². The highest BCUT2D eigenvalue weighted by molar-refractivity contribution is 6.07. The first-order valence-corrected chi connectivity index (χ1v) is 47.4. The van der Waals surface area contributed by atoms with Crippen LogP contribution in [-0.4, -0.2) is 318 Å². The molecular formula is C91H119N17O40. The highest BCUT2D eigenvalue weighted by Gasteiger charge is 2.41. The molecule has 4 atom stereocenters. The lowest BCUT2D eigenvalue weighted by atomic mass is 9.88. The van der Waals surface area contributed by atoms with E-state index in [0.717, 1.165) is 18.2 Å². The summed E-state index contributed by atoms with van der Waals surface area (Å²) in [6, 6.07) is 1.71. The molecule has 2 aromatic carbocycles. The number of amides is 15. The first kappa shape index (κ1) is 123. The summed E-state index contributed by atoms with van der Waals surface area (Å²) >= 11 is 0. The third-order valence-corrected chi connectivity index (χ3v) is 21.3. The van der Waals surface area contributed by atoms with Crippen molar-refractivity contribution in [3.8, 4) is 11.5 Å². The molecule has 0 bridgehead atoms. The van der Waals surface area contributed by atoms with Crippen molar-refractivity contribution in [2.75, 3.05) is 105 Å². The van der Waals surface area contributed by atoms with Gasteiger partial charge in [-0.2, -0.15) is 0 Å². The Morgan fingerprint density at radius 3 is 1.07 bits per heavy atom. The number of nitrogens with one attached hydrogen (secondary N) is 7. The molecule has 6 rings (SSSR count). The van der Waals surface area contributed by atoms with Gasteiger partial charge < -0.3 is 105 Å². The number of azide groups is 2. The normalized spacial score (nSPS) is 13.9. The molecule has 0 spiro atoms. The Kier molecular flexibility index (Phi) is 56.7. The van der Waals surface area contributed by atoms with Crippen LogP contribution in [0.1, 0.15) is 253 Å². The van der Waals surface area contributed by atoms with Gasteiger partial charge in [-0.05, 0) is 112 Å². The Labute approximate surface area is 843 Å². The predicted octanol–water partition coefficient (Wildman–Crippen LogP) is 2.03. The molecule has 0 radical (unpaired) electrons. The van der Waals surface area contributed by atoms with Gasteiger partial charge in [-0.1, -0.05) is 23.1 Å². The standard InChI is InChI=1S/C49H73N7O20.C42H46N10O20/c50-56-54-17-3-1-2-6-37(57)7-4-22-76-38-31-35(41(59)33-34(40(58)8-5-21-72-23-13-44(62)63)9-11-42(60)51-18-27-73-24-14-45(64)65)30-36(32-38)48(70)55-39(49(71)53-20-29-75-26-16-47(68)69)10-12-43(61)52-19-28-74-25-15-46(66)67;43-48-45-17-3-1-2-4-28(53)44-18-19-68-25-21-23(39(64)46-26(41(66)71-51-33(58)11-12-34(51)59)5-15-37(62)69-49-29(54)7-8-30(49)55)20-24(22-25)40(65)47-27(42(67)72-52-35(60)13-14-36(52)61)6-16-38(63)70-50-31(56)9-10-32(50)57/h30-32,34,39H,1-29,33H2,(H,51,60)(H,52,61)(H,53,71)(H,55,70)(H,62,63)(H,64,65)(H,66,67)(H,68,69);20-22,26-27H,1-19H2,(H,44,53)(H,46,64)(H,47,65). The van der Waals surface area contributed by atoms with Crippen molar-refractivity contribution in [2.24, 2.45) is 16.1 Å². The van der Waals surface area contributed by atoms with Crippen molar-refractivity contribution in [3.05, 3.63) is 79.5 Å². The van der Waals surface area contributed by atoms with Gasteiger partial charge >= 0.3 is 47.8 Å². The number of ether oxygens (including phenoxy) is 6. The first-order chi connectivity index (χ1) is 70.7. The van der Waals surface area contributed by atoms with Crippen LogP contribution in [0.15, 0.2) is 46.6 Å². The number of carbonyl (C=O) groups is 26. The summed E-state index contributed by atoms with van der Waals surface area (Å²) in [7, 11) is 0. The van der Waals surface area contributed by atoms with Crippen LogP contribution in [0.3, 0.4) is 0 Å². The Hall–Kier alpha value is -15.9. The SMILES string of the molecule is [N-]=[N+]=NCCCCCC(=O)CCCOc1cc(C(=O)CC(CCC(=O)NCCOCCC(=O)O)C(=O)CCCOCCC(=O)O)cc(C(=O)NC(CCC(=O)NCCOCCC(=O)O)C(=O)NCCOCCC(=O)O)c1.[N-]=[N+]=NCCCCCC(=O)NCCOc1cc(C(=O)NC(CCC(=O)ON2C(=O)CCC2=O)C(=O)ON2C(=O)CCC2=O)cc(C(=O)NC(CCC(=O)ON2C(=O)CCC2=O)C(=O)ON2C(=O)CCC2=O)c1. The fourth-order valence-corrected chi connectivity index (χ4v) is 13.6. The number of nitrogens with zero attached hydrogens (tertiary/aromatic N) is 10. The molecule has 57 nitrogen and oxygen atoms in total. The van der Waals surface area contributed by atoms with E-state index in [1.54, 1.807) is 0 Å². The summed E-state index contributed by atoms with van der Waals surface area (Å²) in [6.45, 7) is -0.273. The number of rotatable bonds is 75. The molecule has 4 fully saturated rings. The average Bonchev–Trinajstić information content (AvgIpc) is 1.31. The van der Waals surface area contributed by atoms with Crippen molar-refractivity contribution >= 4 is 154 Å². The van der Waals surface area contributed by atoms with E-state index in [2.05, 4.69) is 57.3 Å². The summed E-state index contributed by atoms with van der Waals surface area (Å²) in [5.41, 5.74) is 15.6. The number of unbranched alkanes of at least 4 members (excludes halogenated alkanes) is 4. The summed E-state index contributed by atoms with van der Waals surface area (Å²) in [5, 5.41) is 60.5. The molecule has 15 amide bonds. The van der Waals surface area contributed by atoms with Crippen LogP contribution in [0, 0.1) is 5.92 Å². The van der Waals surface area contributed by atoms with Crippen LogP contribution in [0.25, 0.3) is 20.9 Å². The lowest BCUT2D eigenvalue weighted by molar-refractivity contribution is -0.200. The van der Waals surface area contributed by atoms with E-state index in [-0.39, 0.29) is 288 Å². The number of aliphatic carboxylic acids is 4. The minimum Gasteiger partial charge on any atom is -0.494 e. The van der Waals surface area contributed by atoms with E-state index < -0.39 is 209 Å². The number of carbonyl (C=O) groups excluding carboxylic acids is 22. The number of hydroxylamine groups is 8. The third kappa shape index (κ3) is 49.1. The summed E-state index contributed by atoms with van der Waals surface area (Å²) in [4.78, 5) is 352. The zero-order chi connectivity index (χ0) is 109. The second-order valence-corrected chi connectivity index (χ2v) is 32.9. The van der Waals surface area contributed by atoms with Crippen LogP contribution in [0.4, 0.5) is 0 Å². The fourth-order valence-electron chi connectivity index (χ4n) is 13.6. The van der Waals surface area contributed by atoms with Crippen LogP contribution in [0.2, 0.25) is 0 Å². The van der Waals surface area contributed by atoms with Crippen molar-refractivity contribution in [1.82, 2.24) is 57.5 Å². The van der Waals surface area contributed by atoms with Crippen molar-refractivity contribution < 1.29 is 193 Å². The maximum Gasteiger partial charge on any atom is 0.355 e. The van der Waals surface area contributed by atoms with E-state index in [4.69, 9.17) is 79.3 Å². The zero-order valence-corrected chi connectivity index (χ0v) is 80.9. The minimum atomic E-state index is -1.89. The molecule has 11 N–H and O–H groups in total. The van der Waals surface area contributed by atoms with Crippen LogP contribution in [0.5, 0.6) is 11.5 Å². The van der Waals surface area contributed by atoms with E-state index >= 15 is 0 Å². The van der Waals surface area contributed by atoms with Gasteiger partial charge in [0.1, 0.15) is 47.8 Å². The van der Waals surface area contributed by atoms with E-state index in [1.807, 2.05) is 0 Å². The fraction of sp³-hybridized carbons (Fsp3) is 0.582. The van der Waals surface area contributed by atoms with E-state index in [9.17, 15) is 125 Å². The molecule has 0 aromatic heterocycles. The molecule has 2 aromatic rings. The summed E-state index contributed by atoms with van der Waals surface area (Å²) in [6.07, 6.45) is -2.94. The summed E-state index contributed by atoms with van der Waals surface area (Å²) in [5.74, 6) is -24.3. The van der Waals surface area contributed by atoms with E-state index in [0.29, 0.717) is 51.5 Å². The Balaban J connectivity index is 0.000000521. The smallest absolute Gasteiger partial charge is 0.355 e. The van der Waals surface area contributed by atoms with Gasteiger partial charge in [0.15, 0.2) is 5.78 Å². The van der Waals surface area contributed by atoms with Crippen molar-refractivity contribution in [2.45, 2.75) is 230 Å². The van der Waals surface area contributed by atoms with E-state index in [1.165, 1.54) is 18.2 Å². The second-order valence-electron chi connectivity index (χ2n) is 32.9. The molecule has 0 aliphatic carbocycles. The third-order valence-electron chi connectivity index (χ3n) is 21.3. The van der Waals surface area contributed by atoms with Gasteiger partial charge in [0.2, 0.25) is 23.6 Å². The number of carboxylic acids is 4. The topological polar surface area (TPSA) is 812 Å². The average molecular weight is 2090 g/mol. The number of benzene rings is 2. The molecule has 0 saturated carbocycles. The number of Topliss-reactive ketones (excluding diaryl/α,β-unsaturated/α-hetero) is 3. The molecule has 148 heavy (non-hydrogen) atoms. The van der Waals surface area contributed by atoms with Gasteiger partial charge in [0.05, 0.1) is 97.9 Å². The monoisotopic (exact) mass is 2090 g/mol. The molecule has 808 valence electrons. The largest absolute Gasteiger partial charge is 0.494 e. The first-order valence-electron chi connectivity index (χ1n) is 47.4. The van der Waals surface area contributed by atoms with Crippen LogP contribution in [-0.2, 0) is 144 Å². The Bertz CT molecular complexity index is 4870. The highest BCUT2D eigenvalue weighted by atomic mass is 16.7. The quantitative estimate of drug-likeness (QED) is 0.0113. The van der Waals surface area contributed by atoms with Crippen LogP contribution < -0.4 is 46.7 Å². The lowest BCUT2D eigenvalue weighted by Gasteiger charge is -2.21. The number of imide groups is 4. The van der Waals surface area contributed by atoms with Gasteiger partial charge in [-0.15, -0.1) is 20.3 Å². The maximum absolute atomic E-state index is 14.2. The molecule has 4 aliphatic heterocycles. The molecule has 4 unspecified atom stereocenters. The number of carboxylic acid groups (broad SMARTS) is 4. The van der Waals surface area contributed by atoms with Gasteiger partial charge in [0, 0.05) is 174 Å². The number of hydrogen-bond acceptors (Lipinski definition) is 38. The second kappa shape index (κ2) is 68.4. The Morgan fingerprint density at radius 2 is 0.662 bits per heavy atom. The van der Waals surface area contributed by atoms with Crippen LogP contribution >= 0.6 is 0 Å². The van der Waals surface area contributed by atoms with Gasteiger partial charge in [-0.25, -0.2) is 19.2 Å². The molecule has 57 heteroatoms. The molecular weight excluding hydrogens is 1970 g/mol. The molecule has 4 heterocycles. The Morgan fingerprint density at radius 1 is 0.331 bits per heavy atom. The lowest BCUT2D eigenvalue weighted by Crippen LogP contribution is -2.48. The summed E-state index contributed by atoms with van der Waals surface area (Å²) < 4.78 is 32.6. The zero-order valence-electron chi connectivity index (χ0n) is 80.9. The molecule has 4 aliphatic rings. The van der Waals surface area contributed by atoms with Crippen molar-refractivity contribution in [1.29, 1.82) is 0 Å². The number of ketones is 3. The predicted molar refractivity (Wildman–Crippen MR) is 493 cm³/mol.